The van der Waals surface area contributed by atoms with Gasteiger partial charge in [-0.25, -0.2) is 9.97 Å². The normalized spacial score (nSPS) is 23.6. The quantitative estimate of drug-likeness (QED) is 0.837. The Bertz CT molecular complexity index is 463. The maximum atomic E-state index is 10.3. The van der Waals surface area contributed by atoms with Gasteiger partial charge in [-0.3, -0.25) is 0 Å². The highest BCUT2D eigenvalue weighted by Crippen LogP contribution is 2.36. The van der Waals surface area contributed by atoms with Gasteiger partial charge < -0.3 is 15.6 Å². The summed E-state index contributed by atoms with van der Waals surface area (Å²) >= 11 is 12.0. The zero-order chi connectivity index (χ0) is 14.9. The van der Waals surface area contributed by atoms with Crippen molar-refractivity contribution in [3.05, 3.63) is 15.9 Å². The van der Waals surface area contributed by atoms with Crippen molar-refractivity contribution in [1.29, 1.82) is 0 Å². The second-order valence-electron chi connectivity index (χ2n) is 5.80. The number of nitrogens with zero attached hydrogens (tertiary/aromatic N) is 2. The van der Waals surface area contributed by atoms with Crippen LogP contribution in [0.1, 0.15) is 44.8 Å². The maximum Gasteiger partial charge on any atom is 0.222 e. The topological polar surface area (TPSA) is 81.3 Å². The van der Waals surface area contributed by atoms with E-state index < -0.39 is 6.10 Å². The Kier molecular flexibility index (Phi) is 4.74. The minimum absolute atomic E-state index is 0.00120. The standard InChI is InChI=1S/C13H19Cl2N3O2/c1-13(2)4-3-7(6-20-13)5-8(19)9-10(14)17-12(16)18-11(9)15/h7-8,19H,3-6H2,1-2H3,(H2,16,17,18). The van der Waals surface area contributed by atoms with Crippen LogP contribution in [0.3, 0.4) is 0 Å². The molecule has 0 radical (unpaired) electrons. The van der Waals surface area contributed by atoms with Crippen molar-refractivity contribution in [2.75, 3.05) is 12.3 Å². The van der Waals surface area contributed by atoms with Gasteiger partial charge in [-0.1, -0.05) is 23.2 Å². The highest BCUT2D eigenvalue weighted by molar-refractivity contribution is 6.34. The molecule has 5 nitrogen and oxygen atoms in total. The summed E-state index contributed by atoms with van der Waals surface area (Å²) in [5.41, 5.74) is 5.71. The minimum atomic E-state index is -0.814. The highest BCUT2D eigenvalue weighted by Gasteiger charge is 2.30. The van der Waals surface area contributed by atoms with Gasteiger partial charge in [0.15, 0.2) is 0 Å². The molecule has 1 aliphatic heterocycles. The molecular formula is C13H19Cl2N3O2. The number of ether oxygens (including phenoxy) is 1. The van der Waals surface area contributed by atoms with Crippen LogP contribution in [0.25, 0.3) is 0 Å². The van der Waals surface area contributed by atoms with Gasteiger partial charge in [-0.05, 0) is 39.0 Å². The summed E-state index contributed by atoms with van der Waals surface area (Å²) in [6.07, 6.45) is 1.66. The summed E-state index contributed by atoms with van der Waals surface area (Å²) in [7, 11) is 0. The molecule has 1 aliphatic rings. The summed E-state index contributed by atoms with van der Waals surface area (Å²) in [5, 5.41) is 10.5. The summed E-state index contributed by atoms with van der Waals surface area (Å²) in [6, 6.07) is 0. The molecule has 112 valence electrons. The van der Waals surface area contributed by atoms with Crippen molar-refractivity contribution in [3.8, 4) is 0 Å². The van der Waals surface area contributed by atoms with Crippen molar-refractivity contribution >= 4 is 29.2 Å². The van der Waals surface area contributed by atoms with E-state index in [1.54, 1.807) is 0 Å². The third kappa shape index (κ3) is 3.73. The Morgan fingerprint density at radius 3 is 2.50 bits per heavy atom. The van der Waals surface area contributed by atoms with E-state index in [1.807, 2.05) is 0 Å². The number of aliphatic hydroxyl groups is 1. The molecule has 20 heavy (non-hydrogen) atoms. The van der Waals surface area contributed by atoms with Gasteiger partial charge in [-0.2, -0.15) is 0 Å². The average molecular weight is 320 g/mol. The SMILES string of the molecule is CC1(C)CCC(CC(O)c2c(Cl)nc(N)nc2Cl)CO1. The molecule has 2 unspecified atom stereocenters. The number of aromatic nitrogens is 2. The highest BCUT2D eigenvalue weighted by atomic mass is 35.5. The van der Waals surface area contributed by atoms with Gasteiger partial charge in [0.2, 0.25) is 5.95 Å². The monoisotopic (exact) mass is 319 g/mol. The Hall–Kier alpha value is -0.620. The van der Waals surface area contributed by atoms with Gasteiger partial charge in [0.1, 0.15) is 10.3 Å². The third-order valence-corrected chi connectivity index (χ3v) is 4.20. The van der Waals surface area contributed by atoms with Crippen molar-refractivity contribution in [2.24, 2.45) is 5.92 Å². The van der Waals surface area contributed by atoms with Gasteiger partial charge >= 0.3 is 0 Å². The predicted octanol–water partition coefficient (Wildman–Crippen LogP) is 2.99. The van der Waals surface area contributed by atoms with Crippen molar-refractivity contribution < 1.29 is 9.84 Å². The molecule has 2 atom stereocenters. The molecule has 1 fully saturated rings. The van der Waals surface area contributed by atoms with E-state index in [4.69, 9.17) is 33.7 Å². The largest absolute Gasteiger partial charge is 0.388 e. The van der Waals surface area contributed by atoms with E-state index in [0.29, 0.717) is 18.6 Å². The first-order valence-corrected chi connectivity index (χ1v) is 7.34. The predicted molar refractivity (Wildman–Crippen MR) is 78.8 cm³/mol. The van der Waals surface area contributed by atoms with E-state index in [0.717, 1.165) is 12.8 Å². The second-order valence-corrected chi connectivity index (χ2v) is 6.52. The number of hydrogen-bond acceptors (Lipinski definition) is 5. The first kappa shape index (κ1) is 15.8. The Morgan fingerprint density at radius 2 is 2.00 bits per heavy atom. The fourth-order valence-corrected chi connectivity index (χ4v) is 3.03. The van der Waals surface area contributed by atoms with Crippen LogP contribution < -0.4 is 5.73 Å². The molecule has 2 heterocycles. The molecule has 3 N–H and O–H groups in total. The Morgan fingerprint density at radius 1 is 1.40 bits per heavy atom. The second kappa shape index (κ2) is 6.02. The zero-order valence-electron chi connectivity index (χ0n) is 11.6. The van der Waals surface area contributed by atoms with Gasteiger partial charge in [0.25, 0.3) is 0 Å². The summed E-state index contributed by atoms with van der Waals surface area (Å²) < 4.78 is 5.77. The molecule has 0 bridgehead atoms. The maximum absolute atomic E-state index is 10.3. The lowest BCUT2D eigenvalue weighted by Crippen LogP contribution is -2.34. The first-order chi connectivity index (χ1) is 9.28. The van der Waals surface area contributed by atoms with E-state index in [9.17, 15) is 5.11 Å². The number of nitrogen functional groups attached to an aromatic ring is 1. The number of rotatable bonds is 3. The van der Waals surface area contributed by atoms with Crippen LogP contribution in [0.4, 0.5) is 5.95 Å². The number of nitrogens with two attached hydrogens (primary N) is 1. The molecule has 0 aliphatic carbocycles. The van der Waals surface area contributed by atoms with E-state index in [1.165, 1.54) is 0 Å². The van der Waals surface area contributed by atoms with E-state index >= 15 is 0 Å². The lowest BCUT2D eigenvalue weighted by molar-refractivity contribution is -0.0842. The molecule has 2 rings (SSSR count). The van der Waals surface area contributed by atoms with Crippen molar-refractivity contribution in [3.63, 3.8) is 0 Å². The van der Waals surface area contributed by atoms with Gasteiger partial charge in [0, 0.05) is 0 Å². The molecular weight excluding hydrogens is 301 g/mol. The molecule has 1 aromatic heterocycles. The van der Waals surface area contributed by atoms with Crippen LogP contribution in [0, 0.1) is 5.92 Å². The van der Waals surface area contributed by atoms with Crippen LogP contribution in [0.2, 0.25) is 10.3 Å². The number of anilines is 1. The summed E-state index contributed by atoms with van der Waals surface area (Å²) in [5.74, 6) is 0.265. The number of hydrogen-bond donors (Lipinski definition) is 2. The minimum Gasteiger partial charge on any atom is -0.388 e. The van der Waals surface area contributed by atoms with Crippen LogP contribution >= 0.6 is 23.2 Å². The Balaban J connectivity index is 2.04. The number of aliphatic hydroxyl groups excluding tert-OH is 1. The zero-order valence-corrected chi connectivity index (χ0v) is 13.1. The molecule has 1 saturated heterocycles. The molecule has 1 aromatic rings. The summed E-state index contributed by atoms with van der Waals surface area (Å²) in [6.45, 7) is 4.76. The molecule has 0 aromatic carbocycles. The van der Waals surface area contributed by atoms with Gasteiger partial charge in [0.05, 0.1) is 23.9 Å². The third-order valence-electron chi connectivity index (χ3n) is 3.62. The fraction of sp³-hybridized carbons (Fsp3) is 0.692. The summed E-state index contributed by atoms with van der Waals surface area (Å²) in [4.78, 5) is 7.66. The lowest BCUT2D eigenvalue weighted by atomic mass is 9.87. The molecule has 0 amide bonds. The van der Waals surface area contributed by atoms with Crippen molar-refractivity contribution in [1.82, 2.24) is 9.97 Å². The van der Waals surface area contributed by atoms with Crippen LogP contribution in [0.15, 0.2) is 0 Å². The van der Waals surface area contributed by atoms with E-state index in [-0.39, 0.29) is 27.8 Å². The Labute approximate surface area is 128 Å². The van der Waals surface area contributed by atoms with Crippen LogP contribution in [0.5, 0.6) is 0 Å². The first-order valence-electron chi connectivity index (χ1n) is 6.59. The molecule has 0 spiro atoms. The van der Waals surface area contributed by atoms with Gasteiger partial charge in [-0.15, -0.1) is 0 Å². The van der Waals surface area contributed by atoms with Crippen LogP contribution in [-0.2, 0) is 4.74 Å². The van der Waals surface area contributed by atoms with Crippen molar-refractivity contribution in [2.45, 2.75) is 44.8 Å². The number of halogens is 2. The lowest BCUT2D eigenvalue weighted by Gasteiger charge is -2.35. The smallest absolute Gasteiger partial charge is 0.222 e. The molecule has 0 saturated carbocycles. The fourth-order valence-electron chi connectivity index (χ4n) is 2.38. The van der Waals surface area contributed by atoms with Crippen LogP contribution in [-0.4, -0.2) is 27.3 Å². The molecule has 7 heteroatoms. The average Bonchev–Trinajstić information content (AvgIpc) is 2.30. The van der Waals surface area contributed by atoms with E-state index in [2.05, 4.69) is 23.8 Å².